The number of likely N-dealkylation sites (tertiary alicyclic amines) is 1. The molecule has 10 unspecified atom stereocenters. The number of rotatable bonds is 22. The van der Waals surface area contributed by atoms with Gasteiger partial charge in [-0.25, -0.2) is 4.79 Å². The molecule has 2 amide bonds. The molecule has 3 aromatic rings. The Labute approximate surface area is 414 Å². The lowest BCUT2D eigenvalue weighted by Crippen LogP contribution is -2.52. The Bertz CT molecular complexity index is 2140. The minimum absolute atomic E-state index is 0.0170. The molecule has 5 aliphatic rings. The van der Waals surface area contributed by atoms with Gasteiger partial charge in [0.15, 0.2) is 0 Å². The van der Waals surface area contributed by atoms with Crippen molar-refractivity contribution < 1.29 is 33.6 Å². The third kappa shape index (κ3) is 11.3. The number of β-amino-alcohol motifs (C(OH)–C–C–N with tert-alkyl or cyclic N) is 1. The van der Waals surface area contributed by atoms with E-state index in [1.54, 1.807) is 19.8 Å². The smallest absolute Gasteiger partial charge is 0.407 e. The average Bonchev–Trinajstić information content (AvgIpc) is 3.93. The van der Waals surface area contributed by atoms with Crippen LogP contribution in [0.5, 0.6) is 11.5 Å². The van der Waals surface area contributed by atoms with Crippen LogP contribution in [0.2, 0.25) is 0 Å². The van der Waals surface area contributed by atoms with Crippen LogP contribution in [0, 0.1) is 34.5 Å². The van der Waals surface area contributed by atoms with Gasteiger partial charge in [-0.05, 0) is 146 Å². The topological polar surface area (TPSA) is 107 Å². The van der Waals surface area contributed by atoms with E-state index >= 15 is 0 Å². The zero-order chi connectivity index (χ0) is 48.4. The van der Waals surface area contributed by atoms with E-state index in [2.05, 4.69) is 32.2 Å². The number of unbranched alkanes of at least 4 members (excludes halogenated alkanes) is 7. The average molecular weight is 945 g/mol. The van der Waals surface area contributed by atoms with Crippen LogP contribution in [0.4, 0.5) is 4.79 Å². The van der Waals surface area contributed by atoms with Crippen LogP contribution >= 0.6 is 0 Å². The zero-order valence-electron chi connectivity index (χ0n) is 42.7. The van der Waals surface area contributed by atoms with Crippen LogP contribution in [-0.4, -0.2) is 67.6 Å². The Morgan fingerprint density at radius 3 is 2.22 bits per heavy atom. The highest BCUT2D eigenvalue weighted by atomic mass is 16.6. The maximum Gasteiger partial charge on any atom is 0.407 e. The van der Waals surface area contributed by atoms with Gasteiger partial charge in [0, 0.05) is 25.9 Å². The second kappa shape index (κ2) is 23.3. The summed E-state index contributed by atoms with van der Waals surface area (Å²) in [4.78, 5) is 29.3. The quantitative estimate of drug-likeness (QED) is 0.0763. The summed E-state index contributed by atoms with van der Waals surface area (Å²) < 4.78 is 24.2. The van der Waals surface area contributed by atoms with Crippen molar-refractivity contribution in [2.75, 3.05) is 27.3 Å². The van der Waals surface area contributed by atoms with Crippen molar-refractivity contribution in [2.24, 2.45) is 34.5 Å². The Balaban J connectivity index is 0.822. The van der Waals surface area contributed by atoms with Crippen molar-refractivity contribution in [1.82, 2.24) is 10.2 Å². The van der Waals surface area contributed by atoms with Gasteiger partial charge in [-0.3, -0.25) is 4.79 Å². The van der Waals surface area contributed by atoms with Crippen LogP contribution in [-0.2, 0) is 26.5 Å². The summed E-state index contributed by atoms with van der Waals surface area (Å²) >= 11 is 0. The third-order valence-corrected chi connectivity index (χ3v) is 18.2. The van der Waals surface area contributed by atoms with Crippen molar-refractivity contribution in [2.45, 2.75) is 180 Å². The number of nitrogens with zero attached hydrogens (tertiary/aromatic N) is 1. The summed E-state index contributed by atoms with van der Waals surface area (Å²) in [6, 6.07) is 25.2. The molecular weight excluding hydrogens is 861 g/mol. The first-order valence-electron chi connectivity index (χ1n) is 27.1. The molecule has 69 heavy (non-hydrogen) atoms. The van der Waals surface area contributed by atoms with Crippen LogP contribution in [0.25, 0.3) is 0 Å². The van der Waals surface area contributed by atoms with E-state index in [4.69, 9.17) is 18.9 Å². The predicted octanol–water partition coefficient (Wildman–Crippen LogP) is 13.1. The minimum Gasteiger partial charge on any atom is -0.497 e. The molecule has 9 heteroatoms. The number of hydrogen-bond acceptors (Lipinski definition) is 7. The monoisotopic (exact) mass is 945 g/mol. The number of nitrogens with one attached hydrogen (secondary N) is 1. The first kappa shape index (κ1) is 51.0. The Hall–Kier alpha value is -4.34. The molecule has 4 fully saturated rings. The second-order valence-corrected chi connectivity index (χ2v) is 22.1. The number of carbonyl (C=O) groups is 2. The predicted molar refractivity (Wildman–Crippen MR) is 274 cm³/mol. The van der Waals surface area contributed by atoms with Crippen LogP contribution in [0.3, 0.4) is 0 Å². The fourth-order valence-corrected chi connectivity index (χ4v) is 14.3. The van der Waals surface area contributed by atoms with Gasteiger partial charge in [0.1, 0.15) is 23.2 Å². The van der Waals surface area contributed by atoms with E-state index in [0.717, 1.165) is 84.0 Å². The van der Waals surface area contributed by atoms with Gasteiger partial charge in [0.25, 0.3) is 0 Å². The van der Waals surface area contributed by atoms with E-state index in [1.165, 1.54) is 77.0 Å². The molecule has 0 spiro atoms. The number of carbonyl (C=O) groups excluding carboxylic acids is 2. The van der Waals surface area contributed by atoms with E-state index in [9.17, 15) is 14.7 Å². The highest BCUT2D eigenvalue weighted by molar-refractivity contribution is 5.77. The summed E-state index contributed by atoms with van der Waals surface area (Å²) in [7, 11) is 3.29. The lowest BCUT2D eigenvalue weighted by atomic mass is 9.47. The number of amides is 2. The van der Waals surface area contributed by atoms with Gasteiger partial charge < -0.3 is 34.3 Å². The first-order valence-corrected chi connectivity index (χ1v) is 27.1. The largest absolute Gasteiger partial charge is 0.497 e. The number of alkyl carbamates (subject to hydrolysis) is 1. The highest BCUT2D eigenvalue weighted by Gasteiger charge is 2.58. The molecule has 1 saturated heterocycles. The van der Waals surface area contributed by atoms with Crippen LogP contribution in [0.1, 0.15) is 166 Å². The number of fused-ring (bicyclic) bond motifs is 5. The van der Waals surface area contributed by atoms with E-state index in [1.807, 2.05) is 83.8 Å². The maximum absolute atomic E-state index is 14.3. The molecule has 0 radical (unpaired) electrons. The summed E-state index contributed by atoms with van der Waals surface area (Å²) in [5, 5.41) is 14.3. The summed E-state index contributed by atoms with van der Waals surface area (Å²) in [6.45, 7) is 8.53. The standard InChI is InChI=1S/C60H84N2O7/c1-6-7-8-9-10-13-18-44-27-33-53-52-32-26-47-39-51(34-36-59(47,3)54(52)35-37-58(44,53)2)69-57(65)61-38-17-12-16-21-56(64)62-41-48(63)40-55(62)60(45-19-14-11-15-20-45,46-24-30-50(67-5)31-25-46)68-42-43-22-28-49(66-4)29-23-43/h11,14-15,19-20,22-26,28-31,44,48,51-55,63H,6-10,12-13,16-18,21,27,32-42H2,1-5H3,(H,61,65). The second-order valence-electron chi connectivity index (χ2n) is 22.1. The van der Waals surface area contributed by atoms with Gasteiger partial charge in [-0.1, -0.05) is 132 Å². The van der Waals surface area contributed by atoms with Crippen LogP contribution in [0.15, 0.2) is 90.5 Å². The molecule has 2 N–H and O–H groups in total. The number of ether oxygens (including phenoxy) is 4. The number of methoxy groups -OCH3 is 2. The molecule has 8 rings (SSSR count). The summed E-state index contributed by atoms with van der Waals surface area (Å²) in [5.41, 5.74) is 3.93. The molecule has 3 saturated carbocycles. The van der Waals surface area contributed by atoms with Crippen molar-refractivity contribution in [3.63, 3.8) is 0 Å². The first-order chi connectivity index (χ1) is 33.5. The van der Waals surface area contributed by atoms with Gasteiger partial charge >= 0.3 is 6.09 Å². The summed E-state index contributed by atoms with van der Waals surface area (Å²) in [5.74, 6) is 4.79. The van der Waals surface area contributed by atoms with Crippen molar-refractivity contribution >= 4 is 12.0 Å². The number of allylic oxidation sites excluding steroid dienone is 1. The van der Waals surface area contributed by atoms with E-state index in [-0.39, 0.29) is 36.7 Å². The van der Waals surface area contributed by atoms with Crippen molar-refractivity contribution in [3.8, 4) is 11.5 Å². The molecule has 0 aromatic heterocycles. The molecule has 376 valence electrons. The van der Waals surface area contributed by atoms with Crippen molar-refractivity contribution in [1.29, 1.82) is 0 Å². The number of aliphatic hydroxyl groups excluding tert-OH is 1. The molecule has 1 aliphatic heterocycles. The maximum atomic E-state index is 14.3. The zero-order valence-corrected chi connectivity index (χ0v) is 42.7. The molecule has 9 nitrogen and oxygen atoms in total. The molecular formula is C60H84N2O7. The number of hydrogen-bond donors (Lipinski definition) is 2. The lowest BCUT2D eigenvalue weighted by Gasteiger charge is -2.58. The lowest BCUT2D eigenvalue weighted by molar-refractivity contribution is -0.141. The van der Waals surface area contributed by atoms with Crippen molar-refractivity contribution in [3.05, 3.63) is 107 Å². The molecule has 4 aliphatic carbocycles. The summed E-state index contributed by atoms with van der Waals surface area (Å²) in [6.07, 6.45) is 23.9. The van der Waals surface area contributed by atoms with E-state index in [0.29, 0.717) is 31.2 Å². The normalized spacial score (nSPS) is 29.2. The van der Waals surface area contributed by atoms with E-state index < -0.39 is 17.7 Å². The molecule has 1 heterocycles. The Morgan fingerprint density at radius 2 is 1.48 bits per heavy atom. The SMILES string of the molecule is CCCCCCCCC1CCC2C3CC=C4CC(OC(=O)NCCCCCC(=O)N5CC(O)CC5C(OCc5ccc(OC)cc5)(c5ccccc5)c5ccc(OC)cc5)CCC4(C)C3CCC12C. The minimum atomic E-state index is -1.10. The Morgan fingerprint density at radius 1 is 0.783 bits per heavy atom. The number of aliphatic hydroxyl groups is 1. The highest BCUT2D eigenvalue weighted by Crippen LogP contribution is 2.67. The molecule has 0 bridgehead atoms. The van der Waals surface area contributed by atoms with Gasteiger partial charge in [0.05, 0.1) is 33.0 Å². The van der Waals surface area contributed by atoms with Gasteiger partial charge in [-0.2, -0.15) is 0 Å². The molecule has 10 atom stereocenters. The fraction of sp³-hybridized carbons (Fsp3) is 0.633. The third-order valence-electron chi connectivity index (χ3n) is 18.2. The van der Waals surface area contributed by atoms with Gasteiger partial charge in [0.2, 0.25) is 5.91 Å². The number of benzene rings is 3. The molecule has 3 aromatic carbocycles. The fourth-order valence-electron chi connectivity index (χ4n) is 14.3. The van der Waals surface area contributed by atoms with Crippen LogP contribution < -0.4 is 14.8 Å². The Kier molecular flexibility index (Phi) is 17.2. The van der Waals surface area contributed by atoms with Gasteiger partial charge in [-0.15, -0.1) is 0 Å².